The van der Waals surface area contributed by atoms with Crippen molar-refractivity contribution in [3.05, 3.63) is 0 Å². The lowest BCUT2D eigenvalue weighted by atomic mass is 9.95. The van der Waals surface area contributed by atoms with Gasteiger partial charge in [-0.05, 0) is 19.3 Å². The van der Waals surface area contributed by atoms with Gasteiger partial charge in [0.2, 0.25) is 5.91 Å². The Morgan fingerprint density at radius 2 is 2.00 bits per heavy atom. The van der Waals surface area contributed by atoms with E-state index in [0.717, 1.165) is 19.3 Å². The van der Waals surface area contributed by atoms with Crippen LogP contribution in [0.15, 0.2) is 0 Å². The second-order valence-corrected chi connectivity index (χ2v) is 4.74. The van der Waals surface area contributed by atoms with Crippen molar-refractivity contribution in [1.82, 2.24) is 5.32 Å². The van der Waals surface area contributed by atoms with Crippen LogP contribution in [-0.4, -0.2) is 36.7 Å². The van der Waals surface area contributed by atoms with Gasteiger partial charge in [-0.3, -0.25) is 9.59 Å². The third-order valence-corrected chi connectivity index (χ3v) is 3.36. The molecule has 1 aliphatic carbocycles. The Bertz CT molecular complexity index is 280. The first-order chi connectivity index (χ1) is 8.66. The normalized spacial score (nSPS) is 22.9. The summed E-state index contributed by atoms with van der Waals surface area (Å²) in [7, 11) is 0. The predicted octanol–water partition coefficient (Wildman–Crippen LogP) is 1.42. The number of amides is 1. The number of carbonyl (C=O) groups is 2. The summed E-state index contributed by atoms with van der Waals surface area (Å²) >= 11 is 0. The van der Waals surface area contributed by atoms with Crippen LogP contribution in [0, 0.1) is 11.8 Å². The van der Waals surface area contributed by atoms with Crippen LogP contribution in [0.3, 0.4) is 0 Å². The highest BCUT2D eigenvalue weighted by Gasteiger charge is 2.37. The third-order valence-electron chi connectivity index (χ3n) is 3.36. The van der Waals surface area contributed by atoms with Crippen molar-refractivity contribution in [2.75, 3.05) is 19.8 Å². The molecule has 1 rings (SSSR count). The molecule has 0 aliphatic heterocycles. The molecule has 1 fully saturated rings. The number of unbranched alkanes of at least 4 members (excludes halogenated alkanes) is 1. The molecule has 0 aromatic heterocycles. The van der Waals surface area contributed by atoms with Crippen molar-refractivity contribution < 1.29 is 19.4 Å². The largest absolute Gasteiger partial charge is 0.481 e. The van der Waals surface area contributed by atoms with Crippen LogP contribution < -0.4 is 5.32 Å². The van der Waals surface area contributed by atoms with E-state index in [0.29, 0.717) is 32.6 Å². The zero-order valence-corrected chi connectivity index (χ0v) is 11.0. The summed E-state index contributed by atoms with van der Waals surface area (Å²) in [4.78, 5) is 22.8. The molecule has 0 unspecified atom stereocenters. The van der Waals surface area contributed by atoms with E-state index < -0.39 is 11.9 Å². The molecule has 0 aromatic rings. The lowest BCUT2D eigenvalue weighted by Crippen LogP contribution is -2.36. The average molecular weight is 257 g/mol. The minimum Gasteiger partial charge on any atom is -0.481 e. The Hall–Kier alpha value is -1.10. The van der Waals surface area contributed by atoms with Crippen molar-refractivity contribution in [1.29, 1.82) is 0 Å². The lowest BCUT2D eigenvalue weighted by Gasteiger charge is -2.15. The molecule has 0 aromatic carbocycles. The maximum Gasteiger partial charge on any atom is 0.307 e. The quantitative estimate of drug-likeness (QED) is 0.645. The Morgan fingerprint density at radius 1 is 1.28 bits per heavy atom. The highest BCUT2D eigenvalue weighted by Crippen LogP contribution is 2.31. The molecular formula is C13H23NO4. The van der Waals surface area contributed by atoms with E-state index in [4.69, 9.17) is 9.84 Å². The second-order valence-electron chi connectivity index (χ2n) is 4.74. The first kappa shape index (κ1) is 15.0. The summed E-state index contributed by atoms with van der Waals surface area (Å²) in [5.41, 5.74) is 0. The van der Waals surface area contributed by atoms with Gasteiger partial charge in [-0.1, -0.05) is 19.8 Å². The van der Waals surface area contributed by atoms with Crippen molar-refractivity contribution >= 4 is 11.9 Å². The van der Waals surface area contributed by atoms with Gasteiger partial charge in [0.1, 0.15) is 0 Å². The number of ether oxygens (including phenoxy) is 1. The predicted molar refractivity (Wildman–Crippen MR) is 67.2 cm³/mol. The van der Waals surface area contributed by atoms with E-state index in [-0.39, 0.29) is 11.8 Å². The van der Waals surface area contributed by atoms with Gasteiger partial charge < -0.3 is 15.2 Å². The monoisotopic (exact) mass is 257 g/mol. The zero-order valence-electron chi connectivity index (χ0n) is 11.0. The highest BCUT2D eigenvalue weighted by atomic mass is 16.5. The average Bonchev–Trinajstić information content (AvgIpc) is 2.82. The summed E-state index contributed by atoms with van der Waals surface area (Å²) in [6.07, 6.45) is 4.23. The summed E-state index contributed by atoms with van der Waals surface area (Å²) in [6, 6.07) is 0. The van der Waals surface area contributed by atoms with Gasteiger partial charge in [0, 0.05) is 13.2 Å². The van der Waals surface area contributed by atoms with Gasteiger partial charge in [0.05, 0.1) is 18.4 Å². The van der Waals surface area contributed by atoms with Crippen LogP contribution in [0.2, 0.25) is 0 Å². The molecule has 1 amide bonds. The van der Waals surface area contributed by atoms with Crippen LogP contribution in [0.1, 0.15) is 39.0 Å². The van der Waals surface area contributed by atoms with E-state index in [1.807, 2.05) is 0 Å². The maximum absolute atomic E-state index is 11.8. The number of rotatable bonds is 8. The molecule has 1 aliphatic rings. The van der Waals surface area contributed by atoms with E-state index in [1.165, 1.54) is 0 Å². The standard InChI is InChI=1S/C13H23NO4/c1-2-3-8-18-9-7-14-12(15)10-5-4-6-11(10)13(16)17/h10-11H,2-9H2,1H3,(H,14,15)(H,16,17)/t10-,11+/m1/s1. The fourth-order valence-electron chi connectivity index (χ4n) is 2.30. The van der Waals surface area contributed by atoms with Crippen LogP contribution >= 0.6 is 0 Å². The van der Waals surface area contributed by atoms with Crippen LogP contribution in [-0.2, 0) is 14.3 Å². The van der Waals surface area contributed by atoms with Crippen molar-refractivity contribution in [2.45, 2.75) is 39.0 Å². The van der Waals surface area contributed by atoms with Crippen molar-refractivity contribution in [2.24, 2.45) is 11.8 Å². The molecule has 0 bridgehead atoms. The number of carboxylic acid groups (broad SMARTS) is 1. The first-order valence-corrected chi connectivity index (χ1v) is 6.75. The Labute approximate surface area is 108 Å². The van der Waals surface area contributed by atoms with Crippen LogP contribution in [0.5, 0.6) is 0 Å². The molecule has 5 heteroatoms. The van der Waals surface area contributed by atoms with Gasteiger partial charge in [-0.15, -0.1) is 0 Å². The van der Waals surface area contributed by atoms with E-state index >= 15 is 0 Å². The van der Waals surface area contributed by atoms with Gasteiger partial charge in [0.15, 0.2) is 0 Å². The van der Waals surface area contributed by atoms with Gasteiger partial charge >= 0.3 is 5.97 Å². The summed E-state index contributed by atoms with van der Waals surface area (Å²) in [5.74, 6) is -1.87. The molecule has 0 spiro atoms. The molecule has 104 valence electrons. The lowest BCUT2D eigenvalue weighted by molar-refractivity contribution is -0.146. The number of carbonyl (C=O) groups excluding carboxylic acids is 1. The smallest absolute Gasteiger partial charge is 0.307 e. The van der Waals surface area contributed by atoms with E-state index in [2.05, 4.69) is 12.2 Å². The molecule has 2 N–H and O–H groups in total. The first-order valence-electron chi connectivity index (χ1n) is 6.75. The molecule has 5 nitrogen and oxygen atoms in total. The molecule has 0 radical (unpaired) electrons. The van der Waals surface area contributed by atoms with Crippen LogP contribution in [0.4, 0.5) is 0 Å². The fourth-order valence-corrected chi connectivity index (χ4v) is 2.30. The van der Waals surface area contributed by atoms with Crippen molar-refractivity contribution in [3.8, 4) is 0 Å². The Kier molecular flexibility index (Phi) is 6.72. The minimum absolute atomic E-state index is 0.140. The highest BCUT2D eigenvalue weighted by molar-refractivity contribution is 5.85. The van der Waals surface area contributed by atoms with E-state index in [1.54, 1.807) is 0 Å². The molecule has 1 saturated carbocycles. The molecule has 18 heavy (non-hydrogen) atoms. The Balaban J connectivity index is 2.18. The molecule has 0 saturated heterocycles. The van der Waals surface area contributed by atoms with Gasteiger partial charge in [-0.25, -0.2) is 0 Å². The number of hydrogen-bond donors (Lipinski definition) is 2. The van der Waals surface area contributed by atoms with Crippen molar-refractivity contribution in [3.63, 3.8) is 0 Å². The SMILES string of the molecule is CCCCOCCNC(=O)[C@@H]1CCC[C@@H]1C(=O)O. The molecule has 0 heterocycles. The van der Waals surface area contributed by atoms with Gasteiger partial charge in [-0.2, -0.15) is 0 Å². The van der Waals surface area contributed by atoms with E-state index in [9.17, 15) is 9.59 Å². The molecule has 2 atom stereocenters. The summed E-state index contributed by atoms with van der Waals surface area (Å²) in [6.45, 7) is 3.77. The topological polar surface area (TPSA) is 75.6 Å². The molecular weight excluding hydrogens is 234 g/mol. The number of aliphatic carboxylic acids is 1. The zero-order chi connectivity index (χ0) is 13.4. The number of hydrogen-bond acceptors (Lipinski definition) is 3. The van der Waals surface area contributed by atoms with Crippen LogP contribution in [0.25, 0.3) is 0 Å². The minimum atomic E-state index is -0.855. The van der Waals surface area contributed by atoms with Gasteiger partial charge in [0.25, 0.3) is 0 Å². The maximum atomic E-state index is 11.8. The Morgan fingerprint density at radius 3 is 2.67 bits per heavy atom. The number of carboxylic acids is 1. The summed E-state index contributed by atoms with van der Waals surface area (Å²) < 4.78 is 5.33. The summed E-state index contributed by atoms with van der Waals surface area (Å²) in [5, 5.41) is 11.8. The second kappa shape index (κ2) is 8.08. The third kappa shape index (κ3) is 4.64. The fraction of sp³-hybridized carbons (Fsp3) is 0.846. The number of nitrogens with one attached hydrogen (secondary N) is 1.